The third kappa shape index (κ3) is 4.94. The number of rotatable bonds is 3. The zero-order valence-corrected chi connectivity index (χ0v) is 18.3. The van der Waals surface area contributed by atoms with Gasteiger partial charge in [-0.1, -0.05) is 30.3 Å². The number of aryl methyl sites for hydroxylation is 1. The number of aliphatic hydroxyl groups is 1. The minimum atomic E-state index is -0.314. The largest absolute Gasteiger partial charge is 0.483 e. The summed E-state index contributed by atoms with van der Waals surface area (Å²) >= 11 is 0. The van der Waals surface area contributed by atoms with E-state index in [0.29, 0.717) is 17.4 Å². The van der Waals surface area contributed by atoms with Crippen LogP contribution in [0.2, 0.25) is 0 Å². The van der Waals surface area contributed by atoms with E-state index in [1.54, 1.807) is 6.20 Å². The van der Waals surface area contributed by atoms with E-state index in [9.17, 15) is 9.90 Å². The maximum Gasteiger partial charge on any atom is 0.290 e. The van der Waals surface area contributed by atoms with Gasteiger partial charge in [-0.05, 0) is 62.9 Å². The molecule has 7 heteroatoms. The zero-order valence-electron chi connectivity index (χ0n) is 18.3. The molecule has 4 rings (SSSR count). The van der Waals surface area contributed by atoms with Crippen LogP contribution < -0.4 is 0 Å². The zero-order chi connectivity index (χ0) is 22.5. The normalized spacial score (nSPS) is 24.9. The van der Waals surface area contributed by atoms with E-state index >= 15 is 0 Å². The summed E-state index contributed by atoms with van der Waals surface area (Å²) in [6.07, 6.45) is 3.18. The lowest BCUT2D eigenvalue weighted by Crippen LogP contribution is -2.46. The number of fused-ring (bicyclic) bond motifs is 1. The van der Waals surface area contributed by atoms with Crippen LogP contribution in [-0.4, -0.2) is 76.7 Å². The average molecular weight is 426 g/mol. The Labute approximate surface area is 183 Å². The molecule has 2 aromatic rings. The van der Waals surface area contributed by atoms with E-state index in [2.05, 4.69) is 9.88 Å². The topological polar surface area (TPSA) is 94.0 Å². The predicted octanol–water partition coefficient (Wildman–Crippen LogP) is 2.53. The van der Waals surface area contributed by atoms with Crippen LogP contribution in [0.15, 0.2) is 42.6 Å². The Morgan fingerprint density at radius 2 is 1.74 bits per heavy atom. The highest BCUT2D eigenvalue weighted by molar-refractivity contribution is 6.02. The molecule has 1 aliphatic heterocycles. The van der Waals surface area contributed by atoms with Crippen LogP contribution in [0.3, 0.4) is 0 Å². The first kappa shape index (κ1) is 22.9. The second kappa shape index (κ2) is 10.0. The van der Waals surface area contributed by atoms with Gasteiger partial charge in [0.2, 0.25) is 0 Å². The van der Waals surface area contributed by atoms with Crippen LogP contribution in [0, 0.1) is 18.8 Å². The molecule has 1 saturated heterocycles. The monoisotopic (exact) mass is 425 g/mol. The van der Waals surface area contributed by atoms with Crippen LogP contribution in [0.1, 0.15) is 28.9 Å². The maximum absolute atomic E-state index is 13.5. The number of aliphatic hydroxyl groups excluding tert-OH is 1. The van der Waals surface area contributed by atoms with Gasteiger partial charge in [0.25, 0.3) is 12.4 Å². The summed E-state index contributed by atoms with van der Waals surface area (Å²) in [7, 11) is 4.05. The molecule has 0 bridgehead atoms. The number of hydrogen-bond donors (Lipinski definition) is 2. The molecule has 31 heavy (non-hydrogen) atoms. The number of carbonyl (C=O) groups is 2. The number of nitrogens with zero attached hydrogens (tertiary/aromatic N) is 3. The van der Waals surface area contributed by atoms with Crippen molar-refractivity contribution in [2.24, 2.45) is 11.8 Å². The number of likely N-dealkylation sites (tertiary alicyclic amines) is 1. The summed E-state index contributed by atoms with van der Waals surface area (Å²) in [6, 6.07) is 12.2. The molecule has 2 heterocycles. The number of carbonyl (C=O) groups excluding carboxylic acids is 1. The summed E-state index contributed by atoms with van der Waals surface area (Å²) < 4.78 is 0. The fourth-order valence-electron chi connectivity index (χ4n) is 4.98. The van der Waals surface area contributed by atoms with E-state index in [1.807, 2.05) is 62.3 Å². The highest BCUT2D eigenvalue weighted by atomic mass is 16.3. The summed E-state index contributed by atoms with van der Waals surface area (Å²) in [5.41, 5.74) is 3.46. The lowest BCUT2D eigenvalue weighted by molar-refractivity contribution is -0.122. The highest BCUT2D eigenvalue weighted by Gasteiger charge is 2.44. The van der Waals surface area contributed by atoms with Crippen LogP contribution in [0.5, 0.6) is 0 Å². The van der Waals surface area contributed by atoms with Crippen LogP contribution >= 0.6 is 0 Å². The fourth-order valence-corrected chi connectivity index (χ4v) is 4.98. The van der Waals surface area contributed by atoms with Gasteiger partial charge in [-0.15, -0.1) is 0 Å². The Balaban J connectivity index is 0.000000858. The highest BCUT2D eigenvalue weighted by Crippen LogP contribution is 2.39. The predicted molar refractivity (Wildman–Crippen MR) is 119 cm³/mol. The third-order valence-electron chi connectivity index (χ3n) is 6.50. The Morgan fingerprint density at radius 3 is 2.35 bits per heavy atom. The molecule has 1 aromatic carbocycles. The van der Waals surface area contributed by atoms with Crippen molar-refractivity contribution in [2.45, 2.75) is 31.9 Å². The van der Waals surface area contributed by atoms with Crippen molar-refractivity contribution in [1.82, 2.24) is 14.8 Å². The standard InChI is InChI=1S/C23H29N3O2.CH2O2/c1-15-22(19(9-10-24-15)16-7-5-4-6-8-16)23(28)26-13-17-11-20(25(2)3)21(27)12-18(17)14-26;2-1-3/h4-10,17-18,20-21,27H,11-14H2,1-3H3;1H,(H,2,3)/t17-,18+,20-,21-;/m1./s1. The Bertz CT molecular complexity index is 903. The molecule has 0 radical (unpaired) electrons. The molecule has 2 N–H and O–H groups in total. The van der Waals surface area contributed by atoms with Crippen molar-refractivity contribution in [1.29, 1.82) is 0 Å². The van der Waals surface area contributed by atoms with Crippen molar-refractivity contribution >= 4 is 12.4 Å². The first-order valence-corrected chi connectivity index (χ1v) is 10.6. The van der Waals surface area contributed by atoms with Gasteiger partial charge in [0.15, 0.2) is 0 Å². The fraction of sp³-hybridized carbons (Fsp3) is 0.458. The molecule has 4 atom stereocenters. The van der Waals surface area contributed by atoms with E-state index in [4.69, 9.17) is 9.90 Å². The third-order valence-corrected chi connectivity index (χ3v) is 6.50. The number of carboxylic acid groups (broad SMARTS) is 1. The molecule has 0 spiro atoms. The Kier molecular flexibility index (Phi) is 7.41. The summed E-state index contributed by atoms with van der Waals surface area (Å²) in [4.78, 5) is 30.4. The van der Waals surface area contributed by atoms with Gasteiger partial charge in [0.05, 0.1) is 17.4 Å². The van der Waals surface area contributed by atoms with Gasteiger partial charge >= 0.3 is 0 Å². The molecule has 7 nitrogen and oxygen atoms in total. The van der Waals surface area contributed by atoms with Gasteiger partial charge in [0, 0.05) is 25.3 Å². The number of aromatic nitrogens is 1. The number of pyridine rings is 1. The summed E-state index contributed by atoms with van der Waals surface area (Å²) in [6.45, 7) is 3.15. The minimum Gasteiger partial charge on any atom is -0.483 e. The van der Waals surface area contributed by atoms with Gasteiger partial charge < -0.3 is 20.0 Å². The number of benzene rings is 1. The lowest BCUT2D eigenvalue weighted by atomic mass is 9.77. The number of likely N-dealkylation sites (N-methyl/N-ethyl adjacent to an activating group) is 1. The van der Waals surface area contributed by atoms with Gasteiger partial charge in [-0.3, -0.25) is 14.6 Å². The number of amides is 1. The summed E-state index contributed by atoms with van der Waals surface area (Å²) in [5.74, 6) is 0.902. The van der Waals surface area contributed by atoms with E-state index in [-0.39, 0.29) is 24.5 Å². The first-order valence-electron chi connectivity index (χ1n) is 10.6. The van der Waals surface area contributed by atoms with Crippen LogP contribution in [0.4, 0.5) is 0 Å². The molecule has 1 aliphatic carbocycles. The quantitative estimate of drug-likeness (QED) is 0.734. The molecule has 1 aromatic heterocycles. The molecule has 1 saturated carbocycles. The molecule has 0 unspecified atom stereocenters. The molecule has 1 amide bonds. The Morgan fingerprint density at radius 1 is 1.13 bits per heavy atom. The second-order valence-corrected chi connectivity index (χ2v) is 8.59. The summed E-state index contributed by atoms with van der Waals surface area (Å²) in [5, 5.41) is 17.4. The van der Waals surface area contributed by atoms with Crippen molar-refractivity contribution in [3.05, 3.63) is 53.9 Å². The van der Waals surface area contributed by atoms with E-state index in [1.165, 1.54) is 0 Å². The average Bonchev–Trinajstić information content (AvgIpc) is 3.16. The lowest BCUT2D eigenvalue weighted by Gasteiger charge is -2.38. The van der Waals surface area contributed by atoms with Gasteiger partial charge in [-0.25, -0.2) is 0 Å². The molecule has 166 valence electrons. The van der Waals surface area contributed by atoms with E-state index in [0.717, 1.165) is 42.8 Å². The number of hydrogen-bond acceptors (Lipinski definition) is 5. The first-order chi connectivity index (χ1) is 14.9. The van der Waals surface area contributed by atoms with Crippen LogP contribution in [-0.2, 0) is 4.79 Å². The van der Waals surface area contributed by atoms with Crippen molar-refractivity contribution in [2.75, 3.05) is 27.2 Å². The molecule has 2 aliphatic rings. The van der Waals surface area contributed by atoms with Crippen molar-refractivity contribution in [3.8, 4) is 11.1 Å². The van der Waals surface area contributed by atoms with Crippen molar-refractivity contribution in [3.63, 3.8) is 0 Å². The maximum atomic E-state index is 13.5. The smallest absolute Gasteiger partial charge is 0.290 e. The molecular weight excluding hydrogens is 394 g/mol. The molecular formula is C24H31N3O4. The SMILES string of the molecule is Cc1nccc(-c2ccccc2)c1C(=O)N1C[C@H]2C[C@@H](N(C)C)[C@H](O)C[C@H]2C1.O=CO. The minimum absolute atomic E-state index is 0.0646. The van der Waals surface area contributed by atoms with Crippen LogP contribution in [0.25, 0.3) is 11.1 Å². The second-order valence-electron chi connectivity index (χ2n) is 8.59. The van der Waals surface area contributed by atoms with Gasteiger partial charge in [-0.2, -0.15) is 0 Å². The Hall–Kier alpha value is -2.77. The van der Waals surface area contributed by atoms with Gasteiger partial charge in [0.1, 0.15) is 0 Å². The molecule has 2 fully saturated rings. The van der Waals surface area contributed by atoms with E-state index < -0.39 is 0 Å². The van der Waals surface area contributed by atoms with Crippen molar-refractivity contribution < 1.29 is 19.8 Å².